The maximum atomic E-state index is 13.9. The lowest BCUT2D eigenvalue weighted by molar-refractivity contribution is 0.100. The fourth-order valence-corrected chi connectivity index (χ4v) is 6.33. The summed E-state index contributed by atoms with van der Waals surface area (Å²) in [6.45, 7) is 9.87. The molecule has 4 nitrogen and oxygen atoms in total. The maximum absolute atomic E-state index is 13.9. The predicted molar refractivity (Wildman–Crippen MR) is 134 cm³/mol. The number of carbonyl (C=O) groups is 2. The van der Waals surface area contributed by atoms with Crippen molar-refractivity contribution in [2.75, 3.05) is 38.0 Å². The van der Waals surface area contributed by atoms with E-state index < -0.39 is 0 Å². The number of rotatable bonds is 3. The molecule has 4 heteroatoms. The van der Waals surface area contributed by atoms with Crippen molar-refractivity contribution in [3.05, 3.63) is 62.2 Å². The molecule has 0 amide bonds. The summed E-state index contributed by atoms with van der Waals surface area (Å²) in [6.07, 6.45) is 1.68. The van der Waals surface area contributed by atoms with Gasteiger partial charge in [0.1, 0.15) is 0 Å². The van der Waals surface area contributed by atoms with E-state index in [0.29, 0.717) is 0 Å². The minimum absolute atomic E-state index is 0.0811. The Kier molecular flexibility index (Phi) is 5.31. The molecule has 2 aliphatic carbocycles. The van der Waals surface area contributed by atoms with Gasteiger partial charge in [0.2, 0.25) is 0 Å². The summed E-state index contributed by atoms with van der Waals surface area (Å²) in [5.74, 6) is 0.401. The lowest BCUT2D eigenvalue weighted by Crippen LogP contribution is -2.32. The molecule has 0 heterocycles. The Morgan fingerprint density at radius 1 is 0.875 bits per heavy atom. The fraction of sp³-hybridized carbons (Fsp3) is 0.429. The van der Waals surface area contributed by atoms with E-state index in [1.165, 1.54) is 11.1 Å². The van der Waals surface area contributed by atoms with Gasteiger partial charge in [-0.05, 0) is 98.4 Å². The maximum Gasteiger partial charge on any atom is 0.190 e. The molecule has 0 fully saturated rings. The number of nitrogens with zero attached hydrogens (tertiary/aromatic N) is 2. The largest absolute Gasteiger partial charge is 0.377 e. The van der Waals surface area contributed by atoms with Crippen LogP contribution in [0.5, 0.6) is 0 Å². The second kappa shape index (κ2) is 7.61. The van der Waals surface area contributed by atoms with Crippen LogP contribution in [0.1, 0.15) is 67.9 Å². The molecule has 0 bridgehead atoms. The Hall–Kier alpha value is -2.88. The van der Waals surface area contributed by atoms with Gasteiger partial charge in [-0.3, -0.25) is 9.59 Å². The number of fused-ring (bicyclic) bond motifs is 3. The van der Waals surface area contributed by atoms with E-state index in [1.807, 2.05) is 42.0 Å². The third-order valence-corrected chi connectivity index (χ3v) is 7.41. The fourth-order valence-electron chi connectivity index (χ4n) is 6.33. The summed E-state index contributed by atoms with van der Waals surface area (Å²) < 4.78 is 0. The van der Waals surface area contributed by atoms with Crippen molar-refractivity contribution in [2.24, 2.45) is 5.92 Å². The molecule has 0 saturated carbocycles. The first-order chi connectivity index (χ1) is 15.0. The molecule has 0 N–H and O–H groups in total. The zero-order valence-electron chi connectivity index (χ0n) is 20.9. The van der Waals surface area contributed by atoms with Gasteiger partial charge in [-0.2, -0.15) is 0 Å². The minimum atomic E-state index is 0.0811. The number of hydrogen-bond donors (Lipinski definition) is 0. The van der Waals surface area contributed by atoms with Gasteiger partial charge in [-0.25, -0.2) is 0 Å². The van der Waals surface area contributed by atoms with Gasteiger partial charge >= 0.3 is 0 Å². The van der Waals surface area contributed by atoms with Crippen LogP contribution in [-0.2, 0) is 12.8 Å². The van der Waals surface area contributed by atoms with E-state index in [0.717, 1.165) is 68.7 Å². The van der Waals surface area contributed by atoms with Crippen molar-refractivity contribution in [3.8, 4) is 0 Å². The highest BCUT2D eigenvalue weighted by Gasteiger charge is 2.40. The minimum Gasteiger partial charge on any atom is -0.377 e. The monoisotopic (exact) mass is 430 g/mol. The van der Waals surface area contributed by atoms with Gasteiger partial charge in [0.25, 0.3) is 0 Å². The zero-order valence-corrected chi connectivity index (χ0v) is 20.9. The Labute approximate surface area is 191 Å². The highest BCUT2D eigenvalue weighted by molar-refractivity contribution is 6.18. The summed E-state index contributed by atoms with van der Waals surface area (Å²) in [6, 6.07) is 4.20. The molecule has 0 aromatic heterocycles. The van der Waals surface area contributed by atoms with Gasteiger partial charge in [0.15, 0.2) is 11.6 Å². The summed E-state index contributed by atoms with van der Waals surface area (Å²) >= 11 is 0. The summed E-state index contributed by atoms with van der Waals surface area (Å²) in [4.78, 5) is 30.8. The van der Waals surface area contributed by atoms with Crippen molar-refractivity contribution >= 4 is 28.5 Å². The number of ketones is 2. The van der Waals surface area contributed by atoms with Crippen molar-refractivity contribution in [1.82, 2.24) is 0 Å². The molecule has 32 heavy (non-hydrogen) atoms. The second-order valence-corrected chi connectivity index (χ2v) is 9.90. The number of anilines is 2. The van der Waals surface area contributed by atoms with E-state index in [4.69, 9.17) is 0 Å². The van der Waals surface area contributed by atoms with Crippen LogP contribution in [0, 0.1) is 26.7 Å². The molecular formula is C28H34N2O2. The molecular weight excluding hydrogens is 396 g/mol. The van der Waals surface area contributed by atoms with E-state index in [-0.39, 0.29) is 17.5 Å². The van der Waals surface area contributed by atoms with Crippen LogP contribution in [-0.4, -0.2) is 39.8 Å². The molecule has 0 spiro atoms. The van der Waals surface area contributed by atoms with Crippen molar-refractivity contribution in [3.63, 3.8) is 0 Å². The molecule has 0 radical (unpaired) electrons. The first-order valence-electron chi connectivity index (χ1n) is 11.4. The predicted octanol–water partition coefficient (Wildman–Crippen LogP) is 5.33. The molecule has 4 rings (SSSR count). The topological polar surface area (TPSA) is 40.6 Å². The van der Waals surface area contributed by atoms with E-state index in [1.54, 1.807) is 6.92 Å². The molecule has 0 saturated heterocycles. The average molecular weight is 431 g/mol. The average Bonchev–Trinajstić information content (AvgIpc) is 2.66. The summed E-state index contributed by atoms with van der Waals surface area (Å²) in [7, 11) is 8.18. The number of aryl methyl sites for hydroxylation is 1. The van der Waals surface area contributed by atoms with E-state index >= 15 is 0 Å². The van der Waals surface area contributed by atoms with Crippen molar-refractivity contribution in [2.45, 2.75) is 47.5 Å². The highest BCUT2D eigenvalue weighted by atomic mass is 16.1. The molecule has 0 aliphatic heterocycles. The van der Waals surface area contributed by atoms with Crippen LogP contribution >= 0.6 is 0 Å². The van der Waals surface area contributed by atoms with Gasteiger partial charge in [-0.1, -0.05) is 6.07 Å². The normalized spacial score (nSPS) is 17.0. The lowest BCUT2D eigenvalue weighted by Gasteiger charge is -2.38. The lowest BCUT2D eigenvalue weighted by atomic mass is 9.67. The third kappa shape index (κ3) is 3.03. The molecule has 2 aromatic carbocycles. The Bertz CT molecular complexity index is 1210. The molecule has 168 valence electrons. The Morgan fingerprint density at radius 3 is 2.06 bits per heavy atom. The first-order valence-corrected chi connectivity index (χ1v) is 11.4. The SMILES string of the molecule is CC(=O)c1c(C)c2c(c(N(C)C)c1C)CC1Cc3c(N(C)C)ccc(C)c3C(=O)C1=C2C. The van der Waals surface area contributed by atoms with Gasteiger partial charge in [0.05, 0.1) is 0 Å². The Balaban J connectivity index is 2.05. The number of hydrogen-bond acceptors (Lipinski definition) is 4. The number of benzene rings is 2. The van der Waals surface area contributed by atoms with E-state index in [9.17, 15) is 9.59 Å². The standard InChI is InChI=1S/C28H34N2O2/c1-14-10-11-22(29(6)7)20-12-19-13-21-25(16(3)26(19)28(32)23(14)20)15(2)24(18(5)31)17(4)27(21)30(8)9/h10-11,19H,12-13H2,1-9H3. The zero-order chi connectivity index (χ0) is 23.6. The number of Topliss-reactive ketones (excluding diaryl/α,β-unsaturated/α-hetero) is 2. The summed E-state index contributed by atoms with van der Waals surface area (Å²) in [5.41, 5.74) is 12.6. The molecule has 1 unspecified atom stereocenters. The molecule has 2 aromatic rings. The second-order valence-electron chi connectivity index (χ2n) is 9.90. The van der Waals surface area contributed by atoms with Crippen LogP contribution < -0.4 is 9.80 Å². The quantitative estimate of drug-likeness (QED) is 0.617. The van der Waals surface area contributed by atoms with Crippen molar-refractivity contribution in [1.29, 1.82) is 0 Å². The molecule has 1 atom stereocenters. The van der Waals surface area contributed by atoms with Crippen LogP contribution in [0.4, 0.5) is 11.4 Å². The van der Waals surface area contributed by atoms with Crippen LogP contribution in [0.25, 0.3) is 5.57 Å². The Morgan fingerprint density at radius 2 is 1.50 bits per heavy atom. The van der Waals surface area contributed by atoms with Crippen LogP contribution in [0.3, 0.4) is 0 Å². The molecule has 2 aliphatic rings. The smallest absolute Gasteiger partial charge is 0.190 e. The van der Waals surface area contributed by atoms with Gasteiger partial charge in [0, 0.05) is 56.3 Å². The van der Waals surface area contributed by atoms with Crippen LogP contribution in [0.15, 0.2) is 17.7 Å². The number of allylic oxidation sites excluding steroid dienone is 2. The third-order valence-electron chi connectivity index (χ3n) is 7.41. The van der Waals surface area contributed by atoms with Crippen LogP contribution in [0.2, 0.25) is 0 Å². The van der Waals surface area contributed by atoms with E-state index in [2.05, 4.69) is 35.8 Å². The highest BCUT2D eigenvalue weighted by Crippen LogP contribution is 2.48. The van der Waals surface area contributed by atoms with Crippen molar-refractivity contribution < 1.29 is 9.59 Å². The number of carbonyl (C=O) groups excluding carboxylic acids is 2. The summed E-state index contributed by atoms with van der Waals surface area (Å²) in [5, 5.41) is 0. The van der Waals surface area contributed by atoms with Gasteiger partial charge < -0.3 is 9.80 Å². The first kappa shape index (κ1) is 22.3. The van der Waals surface area contributed by atoms with Gasteiger partial charge in [-0.15, -0.1) is 0 Å².